The van der Waals surface area contributed by atoms with Crippen molar-refractivity contribution in [3.8, 4) is 0 Å². The minimum atomic E-state index is -0.759. The van der Waals surface area contributed by atoms with Crippen molar-refractivity contribution in [3.05, 3.63) is 36.4 Å². The largest absolute Gasteiger partial charge is 0.396 e. The van der Waals surface area contributed by atoms with E-state index in [9.17, 15) is 19.5 Å². The summed E-state index contributed by atoms with van der Waals surface area (Å²) in [5.74, 6) is -2.46. The van der Waals surface area contributed by atoms with Gasteiger partial charge < -0.3 is 20.6 Å². The Kier molecular flexibility index (Phi) is 6.22. The molecule has 10 heteroatoms. The molecule has 1 aromatic carbocycles. The number of fused-ring (bicyclic) bond motifs is 2. The van der Waals surface area contributed by atoms with E-state index in [0.29, 0.717) is 6.42 Å². The van der Waals surface area contributed by atoms with E-state index in [1.807, 2.05) is 43.3 Å². The van der Waals surface area contributed by atoms with Crippen LogP contribution in [0, 0.1) is 23.7 Å². The summed E-state index contributed by atoms with van der Waals surface area (Å²) >= 11 is 0. The number of aliphatic hydroxyl groups excluding tert-OH is 1. The maximum Gasteiger partial charge on any atom is 0.244 e. The molecule has 1 aromatic heterocycles. The molecular weight excluding hydrogens is 412 g/mol. The molecule has 0 bridgehead atoms. The predicted octanol–water partition coefficient (Wildman–Crippen LogP) is -0.101. The molecule has 1 fully saturated rings. The normalized spacial score (nSPS) is 26.9. The summed E-state index contributed by atoms with van der Waals surface area (Å²) in [6, 6.07) is 6.68. The molecule has 1 saturated heterocycles. The molecular formula is C22H28N6O4. The fourth-order valence-electron chi connectivity index (χ4n) is 4.93. The molecule has 1 aliphatic heterocycles. The van der Waals surface area contributed by atoms with Gasteiger partial charge in [0, 0.05) is 26.1 Å². The van der Waals surface area contributed by atoms with Crippen molar-refractivity contribution in [2.75, 3.05) is 20.2 Å². The third-order valence-electron chi connectivity index (χ3n) is 6.47. The first-order valence-corrected chi connectivity index (χ1v) is 10.8. The topological polar surface area (TPSA) is 129 Å². The van der Waals surface area contributed by atoms with Gasteiger partial charge in [-0.25, -0.2) is 4.68 Å². The van der Waals surface area contributed by atoms with Crippen molar-refractivity contribution in [3.63, 3.8) is 0 Å². The summed E-state index contributed by atoms with van der Waals surface area (Å²) in [5.41, 5.74) is 1.51. The quantitative estimate of drug-likeness (QED) is 0.516. The van der Waals surface area contributed by atoms with Gasteiger partial charge in [0.25, 0.3) is 0 Å². The van der Waals surface area contributed by atoms with Crippen LogP contribution in [-0.2, 0) is 21.1 Å². The number of nitrogens with one attached hydrogen (secondary N) is 2. The molecule has 5 atom stereocenters. The first kappa shape index (κ1) is 21.9. The van der Waals surface area contributed by atoms with Crippen LogP contribution in [0.1, 0.15) is 13.3 Å². The van der Waals surface area contributed by atoms with Crippen LogP contribution < -0.4 is 10.6 Å². The lowest BCUT2D eigenvalue weighted by molar-refractivity contribution is -0.140. The zero-order valence-electron chi connectivity index (χ0n) is 18.1. The minimum Gasteiger partial charge on any atom is -0.396 e. The number of aliphatic hydroxyl groups is 1. The summed E-state index contributed by atoms with van der Waals surface area (Å²) in [6.07, 6.45) is 4.16. The highest BCUT2D eigenvalue weighted by Crippen LogP contribution is 2.43. The second kappa shape index (κ2) is 9.07. The number of hydrogen-bond donors (Lipinski definition) is 3. The molecule has 10 nitrogen and oxygen atoms in total. The first-order chi connectivity index (χ1) is 15.5. The number of allylic oxidation sites excluding steroid dienone is 1. The second-order valence-corrected chi connectivity index (χ2v) is 8.32. The molecule has 0 saturated carbocycles. The van der Waals surface area contributed by atoms with Gasteiger partial charge in [0.15, 0.2) is 0 Å². The summed E-state index contributed by atoms with van der Waals surface area (Å²) in [5, 5.41) is 23.0. The highest BCUT2D eigenvalue weighted by Gasteiger charge is 2.56. The number of benzene rings is 1. The van der Waals surface area contributed by atoms with E-state index in [1.165, 1.54) is 4.90 Å². The molecule has 32 heavy (non-hydrogen) atoms. The fourth-order valence-corrected chi connectivity index (χ4v) is 4.93. The van der Waals surface area contributed by atoms with Crippen molar-refractivity contribution in [2.45, 2.75) is 26.1 Å². The Morgan fingerprint density at radius 1 is 1.19 bits per heavy atom. The van der Waals surface area contributed by atoms with Crippen molar-refractivity contribution in [1.29, 1.82) is 0 Å². The maximum atomic E-state index is 13.4. The summed E-state index contributed by atoms with van der Waals surface area (Å²) in [6.45, 7) is 2.16. The molecule has 2 aromatic rings. The maximum absolute atomic E-state index is 13.4. The van der Waals surface area contributed by atoms with Crippen LogP contribution in [0.15, 0.2) is 36.4 Å². The van der Waals surface area contributed by atoms with Crippen LogP contribution in [0.5, 0.6) is 0 Å². The van der Waals surface area contributed by atoms with E-state index < -0.39 is 23.8 Å². The van der Waals surface area contributed by atoms with Crippen molar-refractivity contribution < 1.29 is 19.5 Å². The van der Waals surface area contributed by atoms with Crippen LogP contribution in [0.25, 0.3) is 11.0 Å². The van der Waals surface area contributed by atoms with Crippen LogP contribution in [0.4, 0.5) is 0 Å². The lowest BCUT2D eigenvalue weighted by Crippen LogP contribution is -2.48. The lowest BCUT2D eigenvalue weighted by atomic mass is 9.70. The Balaban J connectivity index is 1.59. The average molecular weight is 441 g/mol. The Bertz CT molecular complexity index is 1050. The van der Waals surface area contributed by atoms with Crippen molar-refractivity contribution >= 4 is 28.8 Å². The third-order valence-corrected chi connectivity index (χ3v) is 6.47. The number of likely N-dealkylation sites (tertiary alicyclic amines) is 1. The van der Waals surface area contributed by atoms with E-state index in [2.05, 4.69) is 20.9 Å². The number of hydrogen-bond acceptors (Lipinski definition) is 6. The number of carbonyl (C=O) groups is 3. The number of para-hydroxylation sites is 1. The van der Waals surface area contributed by atoms with E-state index in [4.69, 9.17) is 0 Å². The number of amides is 3. The lowest BCUT2D eigenvalue weighted by Gasteiger charge is -2.32. The van der Waals surface area contributed by atoms with Gasteiger partial charge in [-0.15, -0.1) is 5.10 Å². The number of carbonyl (C=O) groups excluding carboxylic acids is 3. The summed E-state index contributed by atoms with van der Waals surface area (Å²) < 4.78 is 1.59. The monoisotopic (exact) mass is 440 g/mol. The van der Waals surface area contributed by atoms with Gasteiger partial charge in [0.05, 0.1) is 17.4 Å². The average Bonchev–Trinajstić information content (AvgIpc) is 3.34. The zero-order valence-corrected chi connectivity index (χ0v) is 18.1. The summed E-state index contributed by atoms with van der Waals surface area (Å²) in [4.78, 5) is 40.8. The molecule has 0 unspecified atom stereocenters. The van der Waals surface area contributed by atoms with Crippen LogP contribution in [-0.4, -0.2) is 69.0 Å². The zero-order chi connectivity index (χ0) is 22.8. The molecule has 1 aliphatic carbocycles. The molecule has 3 N–H and O–H groups in total. The van der Waals surface area contributed by atoms with E-state index >= 15 is 0 Å². The first-order valence-electron chi connectivity index (χ1n) is 10.8. The van der Waals surface area contributed by atoms with Gasteiger partial charge >= 0.3 is 0 Å². The summed E-state index contributed by atoms with van der Waals surface area (Å²) in [7, 11) is 1.55. The van der Waals surface area contributed by atoms with Crippen LogP contribution >= 0.6 is 0 Å². The number of nitrogens with zero attached hydrogens (tertiary/aromatic N) is 4. The highest BCUT2D eigenvalue weighted by atomic mass is 16.3. The predicted molar refractivity (Wildman–Crippen MR) is 116 cm³/mol. The van der Waals surface area contributed by atoms with E-state index in [0.717, 1.165) is 11.0 Å². The Morgan fingerprint density at radius 3 is 2.72 bits per heavy atom. The highest BCUT2D eigenvalue weighted by molar-refractivity contribution is 5.96. The van der Waals surface area contributed by atoms with Crippen molar-refractivity contribution in [1.82, 2.24) is 30.5 Å². The number of aromatic nitrogens is 3. The van der Waals surface area contributed by atoms with Crippen LogP contribution in [0.2, 0.25) is 0 Å². The molecule has 3 amide bonds. The number of rotatable bonds is 7. The molecule has 0 spiro atoms. The van der Waals surface area contributed by atoms with E-state index in [-0.39, 0.29) is 43.5 Å². The van der Waals surface area contributed by atoms with Gasteiger partial charge in [-0.05, 0) is 24.5 Å². The van der Waals surface area contributed by atoms with Gasteiger partial charge in [0.1, 0.15) is 18.2 Å². The molecule has 170 valence electrons. The Morgan fingerprint density at radius 2 is 1.97 bits per heavy atom. The van der Waals surface area contributed by atoms with Gasteiger partial charge in [-0.1, -0.05) is 36.4 Å². The molecule has 4 rings (SSSR count). The standard InChI is InChI=1S/C22H28N6O4/c1-13-8-9-14-18(17(13)20(30)23-2)22(32)27(10-5-11-29)19(14)21(31)24-12-28-16-7-4-3-6-15(16)25-26-28/h3-4,6-9,13-14,17-19,29H,5,10-12H2,1-2H3,(H,23,30)(H,24,31)/t13-,14+,17-,18+,19+/m1/s1. The van der Waals surface area contributed by atoms with Crippen LogP contribution in [0.3, 0.4) is 0 Å². The fraction of sp³-hybridized carbons (Fsp3) is 0.500. The Hall–Kier alpha value is -3.27. The molecule has 0 radical (unpaired) electrons. The third kappa shape index (κ3) is 3.75. The van der Waals surface area contributed by atoms with E-state index in [1.54, 1.807) is 11.7 Å². The van der Waals surface area contributed by atoms with Gasteiger partial charge in [-0.3, -0.25) is 14.4 Å². The Labute approximate surface area is 185 Å². The smallest absolute Gasteiger partial charge is 0.244 e. The molecule has 2 aliphatic rings. The minimum absolute atomic E-state index is 0.0937. The van der Waals surface area contributed by atoms with Crippen molar-refractivity contribution in [2.24, 2.45) is 23.7 Å². The second-order valence-electron chi connectivity index (χ2n) is 8.32. The van der Waals surface area contributed by atoms with Gasteiger partial charge in [-0.2, -0.15) is 0 Å². The SMILES string of the molecule is CNC(=O)[C@H]1[C@H]2C(=O)N(CCCO)[C@H](C(=O)NCn3nnc4ccccc43)[C@H]2C=C[C@H]1C. The van der Waals surface area contributed by atoms with Gasteiger partial charge in [0.2, 0.25) is 17.7 Å². The molecule has 2 heterocycles.